The lowest BCUT2D eigenvalue weighted by Gasteiger charge is -2.52. The molecule has 1 saturated heterocycles. The average molecular weight is 389 g/mol. The largest absolute Gasteiger partial charge is 0.394 e. The third-order valence-electron chi connectivity index (χ3n) is 6.30. The molecule has 2 fully saturated rings. The van der Waals surface area contributed by atoms with Gasteiger partial charge in [0.15, 0.2) is 0 Å². The minimum absolute atomic E-state index is 0.163. The Balaban J connectivity index is 1.59. The first kappa shape index (κ1) is 19.5. The van der Waals surface area contributed by atoms with Crippen LogP contribution in [0, 0.1) is 11.3 Å². The number of nitrogens with zero attached hydrogens (tertiary/aromatic N) is 2. The second kappa shape index (κ2) is 8.67. The van der Waals surface area contributed by atoms with Crippen LogP contribution in [0.5, 0.6) is 0 Å². The van der Waals surface area contributed by atoms with Crippen molar-refractivity contribution < 1.29 is 9.90 Å². The maximum atomic E-state index is 12.9. The molecule has 1 saturated carbocycles. The van der Waals surface area contributed by atoms with Gasteiger partial charge in [-0.05, 0) is 29.5 Å². The van der Waals surface area contributed by atoms with E-state index in [9.17, 15) is 15.2 Å². The molecule has 5 nitrogen and oxygen atoms in total. The monoisotopic (exact) mass is 389 g/mol. The van der Waals surface area contributed by atoms with Crippen LogP contribution in [-0.2, 0) is 0 Å². The molecule has 5 heteroatoms. The molecule has 4 rings (SSSR count). The first-order chi connectivity index (χ1) is 14.2. The van der Waals surface area contributed by atoms with Crippen molar-refractivity contribution in [1.82, 2.24) is 10.2 Å². The van der Waals surface area contributed by atoms with Gasteiger partial charge >= 0.3 is 6.03 Å². The van der Waals surface area contributed by atoms with Crippen LogP contribution in [0.4, 0.5) is 4.79 Å². The number of nitrogens with one attached hydrogen (secondary N) is 1. The van der Waals surface area contributed by atoms with Crippen LogP contribution >= 0.6 is 0 Å². The number of rotatable bonds is 4. The molecule has 29 heavy (non-hydrogen) atoms. The Morgan fingerprint density at radius 1 is 1.07 bits per heavy atom. The smallest absolute Gasteiger partial charge is 0.319 e. The van der Waals surface area contributed by atoms with Gasteiger partial charge < -0.3 is 15.3 Å². The van der Waals surface area contributed by atoms with Crippen LogP contribution in [0.25, 0.3) is 11.1 Å². The number of aliphatic hydroxyl groups is 1. The summed E-state index contributed by atoms with van der Waals surface area (Å²) in [5.41, 5.74) is 3.12. The summed E-state index contributed by atoms with van der Waals surface area (Å²) >= 11 is 0. The van der Waals surface area contributed by atoms with E-state index in [1.807, 2.05) is 54.6 Å². The first-order valence-electron chi connectivity index (χ1n) is 10.5. The van der Waals surface area contributed by atoms with Gasteiger partial charge in [-0.3, -0.25) is 0 Å². The van der Waals surface area contributed by atoms with Crippen LogP contribution in [0.3, 0.4) is 0 Å². The van der Waals surface area contributed by atoms with Crippen molar-refractivity contribution >= 4 is 6.03 Å². The average Bonchev–Trinajstić information content (AvgIpc) is 2.75. The van der Waals surface area contributed by atoms with E-state index in [4.69, 9.17) is 0 Å². The van der Waals surface area contributed by atoms with Gasteiger partial charge in [0.1, 0.15) is 6.04 Å². The summed E-state index contributed by atoms with van der Waals surface area (Å²) in [6.45, 7) is -0.163. The van der Waals surface area contributed by atoms with Gasteiger partial charge in [-0.25, -0.2) is 4.79 Å². The zero-order chi connectivity index (χ0) is 20.2. The minimum atomic E-state index is -0.583. The molecule has 2 amide bonds. The number of aliphatic hydroxyl groups excluding tert-OH is 1. The molecule has 2 aromatic carbocycles. The number of amides is 2. The minimum Gasteiger partial charge on any atom is -0.394 e. The van der Waals surface area contributed by atoms with Gasteiger partial charge in [0, 0.05) is 12.0 Å². The summed E-state index contributed by atoms with van der Waals surface area (Å²) in [6.07, 6.45) is 5.45. The molecule has 0 spiro atoms. The highest BCUT2D eigenvalue weighted by molar-refractivity contribution is 5.79. The fourth-order valence-corrected chi connectivity index (χ4v) is 4.82. The molecule has 1 aliphatic heterocycles. The Labute approximate surface area is 172 Å². The van der Waals surface area contributed by atoms with E-state index in [2.05, 4.69) is 11.4 Å². The quantitative estimate of drug-likeness (QED) is 0.828. The Morgan fingerprint density at radius 2 is 1.76 bits per heavy atom. The zero-order valence-corrected chi connectivity index (χ0v) is 16.5. The Morgan fingerprint density at radius 3 is 2.45 bits per heavy atom. The van der Waals surface area contributed by atoms with E-state index in [1.54, 1.807) is 4.90 Å². The summed E-state index contributed by atoms with van der Waals surface area (Å²) in [7, 11) is 0. The normalized spacial score (nSPS) is 24.4. The highest BCUT2D eigenvalue weighted by Crippen LogP contribution is 2.44. The standard InChI is InChI=1S/C24H27N3O2/c25-15-21-23(20-14-8-7-13-19(20)17-9-3-1-4-10-17)22(16-28)27(21)24(29)26-18-11-5-2-6-12-18/h1,3-4,7-10,13-14,18,21-23,28H,2,5-6,11-12,16H2,(H,26,29)/t21-,22-,23+/m0/s1. The van der Waals surface area contributed by atoms with Crippen molar-refractivity contribution in [2.24, 2.45) is 0 Å². The molecule has 0 bridgehead atoms. The lowest BCUT2D eigenvalue weighted by atomic mass is 9.73. The molecule has 0 radical (unpaired) electrons. The van der Waals surface area contributed by atoms with E-state index < -0.39 is 12.1 Å². The molecule has 2 aliphatic rings. The third kappa shape index (κ3) is 3.73. The van der Waals surface area contributed by atoms with Crippen molar-refractivity contribution in [3.63, 3.8) is 0 Å². The maximum Gasteiger partial charge on any atom is 0.319 e. The van der Waals surface area contributed by atoms with Crippen LogP contribution in [-0.4, -0.2) is 40.8 Å². The Bertz CT molecular complexity index is 886. The highest BCUT2D eigenvalue weighted by Gasteiger charge is 2.52. The molecule has 0 aromatic heterocycles. The van der Waals surface area contributed by atoms with Gasteiger partial charge in [-0.2, -0.15) is 5.26 Å². The molecular formula is C24H27N3O2. The predicted octanol–water partition coefficient (Wildman–Crippen LogP) is 4.05. The van der Waals surface area contributed by atoms with Gasteiger partial charge in [0.05, 0.1) is 18.7 Å². The first-order valence-corrected chi connectivity index (χ1v) is 10.5. The number of nitriles is 1. The number of carbonyl (C=O) groups excluding carboxylic acids is 1. The number of hydrogen-bond acceptors (Lipinski definition) is 3. The van der Waals surface area contributed by atoms with E-state index in [-0.39, 0.29) is 24.6 Å². The third-order valence-corrected chi connectivity index (χ3v) is 6.30. The van der Waals surface area contributed by atoms with Crippen molar-refractivity contribution in [1.29, 1.82) is 5.26 Å². The zero-order valence-electron chi connectivity index (χ0n) is 16.5. The second-order valence-corrected chi connectivity index (χ2v) is 7.99. The second-order valence-electron chi connectivity index (χ2n) is 7.99. The number of urea groups is 1. The summed E-state index contributed by atoms with van der Waals surface area (Å²) in [6, 6.07) is 19.3. The van der Waals surface area contributed by atoms with Crippen LogP contribution < -0.4 is 5.32 Å². The van der Waals surface area contributed by atoms with Gasteiger partial charge in [0.25, 0.3) is 0 Å². The Kier molecular flexibility index (Phi) is 5.82. The van der Waals surface area contributed by atoms with E-state index in [0.717, 1.165) is 42.4 Å². The van der Waals surface area contributed by atoms with E-state index in [1.165, 1.54) is 6.42 Å². The molecular weight excluding hydrogens is 362 g/mol. The van der Waals surface area contributed by atoms with Crippen LogP contribution in [0.1, 0.15) is 43.6 Å². The van der Waals surface area contributed by atoms with Crippen molar-refractivity contribution in [3.05, 3.63) is 60.2 Å². The molecule has 2 N–H and O–H groups in total. The van der Waals surface area contributed by atoms with Crippen molar-refractivity contribution in [2.45, 2.75) is 56.1 Å². The molecule has 1 aliphatic carbocycles. The molecule has 1 heterocycles. The molecule has 150 valence electrons. The van der Waals surface area contributed by atoms with Crippen molar-refractivity contribution in [3.8, 4) is 17.2 Å². The lowest BCUT2D eigenvalue weighted by Crippen LogP contribution is -2.68. The van der Waals surface area contributed by atoms with Gasteiger partial charge in [-0.15, -0.1) is 0 Å². The lowest BCUT2D eigenvalue weighted by molar-refractivity contribution is 0.0155. The summed E-state index contributed by atoms with van der Waals surface area (Å²) in [4.78, 5) is 14.5. The molecule has 0 unspecified atom stereocenters. The summed E-state index contributed by atoms with van der Waals surface area (Å²) < 4.78 is 0. The number of hydrogen-bond donors (Lipinski definition) is 2. The molecule has 3 atom stereocenters. The number of likely N-dealkylation sites (tertiary alicyclic amines) is 1. The van der Waals surface area contributed by atoms with Crippen LogP contribution in [0.2, 0.25) is 0 Å². The number of benzene rings is 2. The van der Waals surface area contributed by atoms with E-state index in [0.29, 0.717) is 0 Å². The maximum absolute atomic E-state index is 12.9. The van der Waals surface area contributed by atoms with Gasteiger partial charge in [-0.1, -0.05) is 73.9 Å². The van der Waals surface area contributed by atoms with E-state index >= 15 is 0 Å². The topological polar surface area (TPSA) is 76.4 Å². The van der Waals surface area contributed by atoms with Crippen molar-refractivity contribution in [2.75, 3.05) is 6.61 Å². The molecule has 2 aromatic rings. The van der Waals surface area contributed by atoms with Crippen LogP contribution in [0.15, 0.2) is 54.6 Å². The Hall–Kier alpha value is -2.84. The van der Waals surface area contributed by atoms with Gasteiger partial charge in [0.2, 0.25) is 0 Å². The SMILES string of the molecule is N#C[C@H]1[C@@H](c2ccccc2-c2ccccc2)[C@H](CO)N1C(=O)NC1CCCCC1. The summed E-state index contributed by atoms with van der Waals surface area (Å²) in [5.74, 6) is -0.210. The fourth-order valence-electron chi connectivity index (χ4n) is 4.82. The number of carbonyl (C=O) groups is 1. The summed E-state index contributed by atoms with van der Waals surface area (Å²) in [5, 5.41) is 23.0. The highest BCUT2D eigenvalue weighted by atomic mass is 16.3. The fraction of sp³-hybridized carbons (Fsp3) is 0.417. The predicted molar refractivity (Wildman–Crippen MR) is 112 cm³/mol.